The van der Waals surface area contributed by atoms with E-state index in [1.54, 1.807) is 6.20 Å². The SMILES string of the molecule is O=C(Nc1ccnn1C1CCCC1)C1CC=CCC1. The molecule has 2 aliphatic carbocycles. The molecule has 1 fully saturated rings. The number of rotatable bonds is 3. The molecule has 1 heterocycles. The van der Waals surface area contributed by atoms with Gasteiger partial charge in [0, 0.05) is 12.0 Å². The van der Waals surface area contributed by atoms with Crippen molar-refractivity contribution in [2.75, 3.05) is 5.32 Å². The summed E-state index contributed by atoms with van der Waals surface area (Å²) in [6.45, 7) is 0. The molecule has 1 saturated carbocycles. The number of nitrogens with one attached hydrogen (secondary N) is 1. The summed E-state index contributed by atoms with van der Waals surface area (Å²) in [5, 5.41) is 7.45. The third-order valence-electron chi connectivity index (χ3n) is 4.23. The largest absolute Gasteiger partial charge is 0.311 e. The van der Waals surface area contributed by atoms with Crippen molar-refractivity contribution in [1.29, 1.82) is 0 Å². The molecule has 4 nitrogen and oxygen atoms in total. The van der Waals surface area contributed by atoms with E-state index in [2.05, 4.69) is 22.6 Å². The van der Waals surface area contributed by atoms with Crippen LogP contribution >= 0.6 is 0 Å². The molecule has 0 saturated heterocycles. The minimum absolute atomic E-state index is 0.122. The molecule has 0 bridgehead atoms. The Bertz CT molecular complexity index is 471. The topological polar surface area (TPSA) is 46.9 Å². The molecule has 3 rings (SSSR count). The quantitative estimate of drug-likeness (QED) is 0.847. The van der Waals surface area contributed by atoms with Crippen molar-refractivity contribution in [3.8, 4) is 0 Å². The number of hydrogen-bond acceptors (Lipinski definition) is 2. The van der Waals surface area contributed by atoms with E-state index in [-0.39, 0.29) is 11.8 Å². The highest BCUT2D eigenvalue weighted by molar-refractivity contribution is 5.91. The second kappa shape index (κ2) is 5.59. The number of anilines is 1. The van der Waals surface area contributed by atoms with E-state index in [0.29, 0.717) is 6.04 Å². The van der Waals surface area contributed by atoms with E-state index in [4.69, 9.17) is 0 Å². The van der Waals surface area contributed by atoms with Crippen LogP contribution in [0.4, 0.5) is 5.82 Å². The summed E-state index contributed by atoms with van der Waals surface area (Å²) in [4.78, 5) is 12.2. The second-order valence-electron chi connectivity index (χ2n) is 5.57. The van der Waals surface area contributed by atoms with Crippen LogP contribution in [0.5, 0.6) is 0 Å². The lowest BCUT2D eigenvalue weighted by molar-refractivity contribution is -0.120. The van der Waals surface area contributed by atoms with Gasteiger partial charge in [0.2, 0.25) is 5.91 Å². The van der Waals surface area contributed by atoms with Crippen molar-refractivity contribution in [2.24, 2.45) is 5.92 Å². The molecule has 0 radical (unpaired) electrons. The molecule has 1 aromatic heterocycles. The molecular weight excluding hydrogens is 238 g/mol. The molecule has 1 unspecified atom stereocenters. The van der Waals surface area contributed by atoms with Crippen LogP contribution in [-0.2, 0) is 4.79 Å². The molecule has 0 aromatic carbocycles. The molecule has 0 aliphatic heterocycles. The lowest BCUT2D eigenvalue weighted by Gasteiger charge is -2.19. The number of amides is 1. The number of aromatic nitrogens is 2. The molecule has 19 heavy (non-hydrogen) atoms. The molecule has 102 valence electrons. The highest BCUT2D eigenvalue weighted by Crippen LogP contribution is 2.31. The van der Waals surface area contributed by atoms with Gasteiger partial charge in [0.15, 0.2) is 0 Å². The fourth-order valence-electron chi connectivity index (χ4n) is 3.11. The van der Waals surface area contributed by atoms with Crippen LogP contribution in [-0.4, -0.2) is 15.7 Å². The zero-order valence-corrected chi connectivity index (χ0v) is 11.2. The minimum Gasteiger partial charge on any atom is -0.311 e. The maximum Gasteiger partial charge on any atom is 0.228 e. The minimum atomic E-state index is 0.122. The number of allylic oxidation sites excluding steroid dienone is 2. The Morgan fingerprint density at radius 1 is 1.26 bits per heavy atom. The smallest absolute Gasteiger partial charge is 0.228 e. The van der Waals surface area contributed by atoms with E-state index >= 15 is 0 Å². The van der Waals surface area contributed by atoms with Crippen molar-refractivity contribution < 1.29 is 4.79 Å². The van der Waals surface area contributed by atoms with Gasteiger partial charge in [-0.15, -0.1) is 0 Å². The maximum absolute atomic E-state index is 12.2. The van der Waals surface area contributed by atoms with E-state index in [1.165, 1.54) is 25.7 Å². The van der Waals surface area contributed by atoms with Gasteiger partial charge in [-0.3, -0.25) is 4.79 Å². The Hall–Kier alpha value is -1.58. The predicted octanol–water partition coefficient (Wildman–Crippen LogP) is 3.29. The average molecular weight is 259 g/mol. The first kappa shape index (κ1) is 12.5. The number of hydrogen-bond donors (Lipinski definition) is 1. The molecule has 0 spiro atoms. The first-order valence-corrected chi connectivity index (χ1v) is 7.34. The third kappa shape index (κ3) is 2.72. The predicted molar refractivity (Wildman–Crippen MR) is 74.8 cm³/mol. The van der Waals surface area contributed by atoms with E-state index in [9.17, 15) is 4.79 Å². The van der Waals surface area contributed by atoms with Crippen molar-refractivity contribution >= 4 is 11.7 Å². The first-order valence-electron chi connectivity index (χ1n) is 7.34. The van der Waals surface area contributed by atoms with Crippen molar-refractivity contribution in [3.63, 3.8) is 0 Å². The van der Waals surface area contributed by atoms with Crippen LogP contribution in [0.15, 0.2) is 24.4 Å². The summed E-state index contributed by atoms with van der Waals surface area (Å²) in [6.07, 6.45) is 13.8. The van der Waals surface area contributed by atoms with Crippen molar-refractivity contribution in [3.05, 3.63) is 24.4 Å². The van der Waals surface area contributed by atoms with Gasteiger partial charge in [-0.25, -0.2) is 4.68 Å². The van der Waals surface area contributed by atoms with Gasteiger partial charge >= 0.3 is 0 Å². The zero-order chi connectivity index (χ0) is 13.1. The highest BCUT2D eigenvalue weighted by atomic mass is 16.2. The summed E-state index contributed by atoms with van der Waals surface area (Å²) in [5.74, 6) is 1.13. The van der Waals surface area contributed by atoms with Gasteiger partial charge in [-0.05, 0) is 32.1 Å². The van der Waals surface area contributed by atoms with Crippen molar-refractivity contribution in [1.82, 2.24) is 9.78 Å². The highest BCUT2D eigenvalue weighted by Gasteiger charge is 2.23. The van der Waals surface area contributed by atoms with Crippen LogP contribution in [0.1, 0.15) is 51.0 Å². The van der Waals surface area contributed by atoms with E-state index in [0.717, 1.165) is 25.1 Å². The van der Waals surface area contributed by atoms with Crippen molar-refractivity contribution in [2.45, 2.75) is 51.0 Å². The second-order valence-corrected chi connectivity index (χ2v) is 5.57. The Morgan fingerprint density at radius 2 is 2.11 bits per heavy atom. The van der Waals surface area contributed by atoms with Crippen LogP contribution in [0, 0.1) is 5.92 Å². The van der Waals surface area contributed by atoms with Gasteiger partial charge in [-0.2, -0.15) is 5.10 Å². The Kier molecular flexibility index (Phi) is 3.67. The molecule has 4 heteroatoms. The molecule has 1 N–H and O–H groups in total. The normalized spacial score (nSPS) is 23.7. The standard InChI is InChI=1S/C15H21N3O/c19-15(12-6-2-1-3-7-12)17-14-10-11-16-18(14)13-8-4-5-9-13/h1-2,10-13H,3-9H2,(H,17,19). The van der Waals surface area contributed by atoms with Gasteiger partial charge in [0.25, 0.3) is 0 Å². The Balaban J connectivity index is 1.67. The lowest BCUT2D eigenvalue weighted by Crippen LogP contribution is -2.25. The number of carbonyl (C=O) groups excluding carboxylic acids is 1. The van der Waals surface area contributed by atoms with Crippen LogP contribution in [0.2, 0.25) is 0 Å². The van der Waals surface area contributed by atoms with E-state index < -0.39 is 0 Å². The fourth-order valence-corrected chi connectivity index (χ4v) is 3.11. The van der Waals surface area contributed by atoms with Gasteiger partial charge < -0.3 is 5.32 Å². The molecule has 1 aromatic rings. The lowest BCUT2D eigenvalue weighted by atomic mass is 9.94. The summed E-state index contributed by atoms with van der Waals surface area (Å²) in [7, 11) is 0. The molecule has 1 amide bonds. The Morgan fingerprint density at radius 3 is 2.84 bits per heavy atom. The molecule has 2 aliphatic rings. The number of carbonyl (C=O) groups is 1. The van der Waals surface area contributed by atoms with Crippen LogP contribution in [0.25, 0.3) is 0 Å². The average Bonchev–Trinajstić information content (AvgIpc) is 3.10. The summed E-state index contributed by atoms with van der Waals surface area (Å²) < 4.78 is 2.00. The Labute approximate surface area is 113 Å². The first-order chi connectivity index (χ1) is 9.34. The van der Waals surface area contributed by atoms with Gasteiger partial charge in [-0.1, -0.05) is 25.0 Å². The zero-order valence-electron chi connectivity index (χ0n) is 11.2. The monoisotopic (exact) mass is 259 g/mol. The molecular formula is C15H21N3O. The molecule has 1 atom stereocenters. The third-order valence-corrected chi connectivity index (χ3v) is 4.23. The maximum atomic E-state index is 12.2. The fraction of sp³-hybridized carbons (Fsp3) is 0.600. The van der Waals surface area contributed by atoms with Gasteiger partial charge in [0.1, 0.15) is 5.82 Å². The van der Waals surface area contributed by atoms with E-state index in [1.807, 2.05) is 10.7 Å². The number of nitrogens with zero attached hydrogens (tertiary/aromatic N) is 2. The summed E-state index contributed by atoms with van der Waals surface area (Å²) in [6, 6.07) is 2.38. The van der Waals surface area contributed by atoms with Crippen LogP contribution in [0.3, 0.4) is 0 Å². The van der Waals surface area contributed by atoms with Crippen LogP contribution < -0.4 is 5.32 Å². The summed E-state index contributed by atoms with van der Waals surface area (Å²) >= 11 is 0. The summed E-state index contributed by atoms with van der Waals surface area (Å²) in [5.41, 5.74) is 0. The van der Waals surface area contributed by atoms with Gasteiger partial charge in [0.05, 0.1) is 12.2 Å².